The van der Waals surface area contributed by atoms with E-state index in [9.17, 15) is 56.7 Å². The molecule has 2 fully saturated rings. The molecule has 2 saturated heterocycles. The Morgan fingerprint density at radius 3 is 2.45 bits per heavy atom. The first-order valence-electron chi connectivity index (χ1n) is 24.9. The van der Waals surface area contributed by atoms with Gasteiger partial charge < -0.3 is 39.7 Å². The molecule has 0 aliphatic carbocycles. The van der Waals surface area contributed by atoms with E-state index in [0.29, 0.717) is 10.3 Å². The zero-order valence-electron chi connectivity index (χ0n) is 42.4. The fourth-order valence-corrected chi connectivity index (χ4v) is 11.2. The van der Waals surface area contributed by atoms with E-state index in [1.807, 2.05) is 30.3 Å². The van der Waals surface area contributed by atoms with Crippen molar-refractivity contribution in [2.75, 3.05) is 32.8 Å². The van der Waals surface area contributed by atoms with Gasteiger partial charge in [-0.25, -0.2) is 0 Å². The summed E-state index contributed by atoms with van der Waals surface area (Å²) in [7, 11) is -5.87. The molecule has 4 atom stereocenters. The van der Waals surface area contributed by atoms with Crippen molar-refractivity contribution in [3.63, 3.8) is 0 Å². The average molecular weight is 1110 g/mol. The highest BCUT2D eigenvalue weighted by molar-refractivity contribution is 7.52. The molecule has 23 heteroatoms. The molecule has 9 rings (SSSR count). The van der Waals surface area contributed by atoms with Crippen LogP contribution in [0.3, 0.4) is 0 Å². The molecule has 19 nitrogen and oxygen atoms in total. The number of ether oxygens (including phenoxy) is 2. The molecule has 8 amide bonds. The standard InChI is InChI=1S/C55H53F2N6O13PS/c1-54(2,3)47(60-49(67)43-27-34-24-36(16-19-42(34)78-43)55(56,57)77(72,73)74)53(71)62-28-35-25-37(17-15-33(35)26-40(62)51(69)61-22-23-75-41(29-61)31-10-5-4-6-11-31)76-30-45(65)58-21-8-7-12-32-13-9-14-38-46(32)52(70)63(50(38)68)39-18-20-44(64)59-48(39)66/h4-6,9-11,13-17,19,24-25,27,39-41,47H,8,18,20-23,26,28-30H2,1-3H3,(H,58,65)(H,60,67)(H,59,64,66)(H2,72,73,74)/t39?,40-,41-,47?/m0/s1. The zero-order chi connectivity index (χ0) is 55.8. The Morgan fingerprint density at radius 2 is 1.72 bits per heavy atom. The second kappa shape index (κ2) is 22.0. The normalized spacial score (nSPS) is 19.1. The van der Waals surface area contributed by atoms with Crippen LogP contribution in [0.4, 0.5) is 8.78 Å². The van der Waals surface area contributed by atoms with Crippen molar-refractivity contribution < 1.29 is 71.0 Å². The number of rotatable bonds is 13. The minimum atomic E-state index is -5.87. The van der Waals surface area contributed by atoms with E-state index in [0.717, 1.165) is 39.5 Å². The lowest BCUT2D eigenvalue weighted by Gasteiger charge is -2.43. The SMILES string of the molecule is CC(C)(C)C(NC(=O)c1cc2cc(C(F)(F)P(=O)(O)O)ccc2s1)C(=O)N1Cc2cc(OCC(=O)NCCC#Cc3cccc4c3C(=O)N(C3CCC(=O)NC3=O)C4=O)ccc2C[C@H]1C(=O)N1CCO[C@H](c2ccccc2)C1. The van der Waals surface area contributed by atoms with Crippen molar-refractivity contribution in [3.05, 3.63) is 135 Å². The summed E-state index contributed by atoms with van der Waals surface area (Å²) < 4.78 is 53.2. The molecule has 4 aliphatic rings. The van der Waals surface area contributed by atoms with Crippen LogP contribution in [0.25, 0.3) is 10.1 Å². The maximum atomic E-state index is 15.1. The Balaban J connectivity index is 0.885. The molecule has 5 heterocycles. The fraction of sp³-hybridized carbons (Fsp3) is 0.345. The Labute approximate surface area is 449 Å². The van der Waals surface area contributed by atoms with Gasteiger partial charge in [0.1, 0.15) is 30.0 Å². The van der Waals surface area contributed by atoms with Crippen molar-refractivity contribution in [1.29, 1.82) is 0 Å². The number of amides is 8. The third-order valence-corrected chi connectivity index (χ3v) is 16.0. The summed E-state index contributed by atoms with van der Waals surface area (Å²) in [5.74, 6) is 1.39. The molecule has 5 N–H and O–H groups in total. The minimum absolute atomic E-state index is 0.0103. The third kappa shape index (κ3) is 11.3. The van der Waals surface area contributed by atoms with Crippen LogP contribution >= 0.6 is 18.9 Å². The number of fused-ring (bicyclic) bond motifs is 3. The lowest BCUT2D eigenvalue weighted by Crippen LogP contribution is -2.61. The van der Waals surface area contributed by atoms with Crippen molar-refractivity contribution >= 4 is 76.3 Å². The molecule has 5 aromatic rings. The average Bonchev–Trinajstić information content (AvgIpc) is 4.01. The van der Waals surface area contributed by atoms with Crippen molar-refractivity contribution in [2.24, 2.45) is 5.41 Å². The number of alkyl halides is 2. The lowest BCUT2D eigenvalue weighted by atomic mass is 9.84. The molecule has 1 aromatic heterocycles. The molecular weight excluding hydrogens is 1050 g/mol. The van der Waals surface area contributed by atoms with Crippen LogP contribution in [0.2, 0.25) is 0 Å². The summed E-state index contributed by atoms with van der Waals surface area (Å²) in [6, 6.07) is 20.0. The topological polar surface area (TPSA) is 258 Å². The van der Waals surface area contributed by atoms with Gasteiger partial charge in [-0.05, 0) is 76.4 Å². The van der Waals surface area contributed by atoms with Gasteiger partial charge in [-0.15, -0.1) is 11.3 Å². The Kier molecular flexibility index (Phi) is 15.5. The highest BCUT2D eigenvalue weighted by atomic mass is 32.1. The summed E-state index contributed by atoms with van der Waals surface area (Å²) in [6.45, 7) is 5.53. The molecular formula is C55H53F2N6O13PS. The van der Waals surface area contributed by atoms with Crippen LogP contribution in [0.5, 0.6) is 5.75 Å². The van der Waals surface area contributed by atoms with Gasteiger partial charge in [-0.1, -0.05) is 81.1 Å². The second-order valence-corrected chi connectivity index (χ2v) is 23.0. The summed E-state index contributed by atoms with van der Waals surface area (Å²) in [4.78, 5) is 130. The lowest BCUT2D eigenvalue weighted by molar-refractivity contribution is -0.153. The number of thiophene rings is 1. The number of morpholine rings is 1. The summed E-state index contributed by atoms with van der Waals surface area (Å²) in [5.41, 5.74) is -3.72. The Bertz CT molecular complexity index is 3400. The predicted octanol–water partition coefficient (Wildman–Crippen LogP) is 5.16. The smallest absolute Gasteiger partial charge is 0.399 e. The van der Waals surface area contributed by atoms with Crippen LogP contribution < -0.4 is 20.7 Å². The molecule has 4 aliphatic heterocycles. The number of carbonyl (C=O) groups is 8. The molecule has 0 bridgehead atoms. The highest BCUT2D eigenvalue weighted by Crippen LogP contribution is 2.59. The number of piperidine rings is 1. The van der Waals surface area contributed by atoms with Crippen molar-refractivity contribution in [2.45, 2.75) is 82.9 Å². The van der Waals surface area contributed by atoms with Crippen LogP contribution in [0.15, 0.2) is 91.0 Å². The van der Waals surface area contributed by atoms with Gasteiger partial charge in [-0.2, -0.15) is 8.78 Å². The van der Waals surface area contributed by atoms with Gasteiger partial charge in [0, 0.05) is 54.7 Å². The first-order valence-corrected chi connectivity index (χ1v) is 27.3. The van der Waals surface area contributed by atoms with Gasteiger partial charge >= 0.3 is 13.3 Å². The van der Waals surface area contributed by atoms with E-state index in [1.54, 1.807) is 56.0 Å². The van der Waals surface area contributed by atoms with Crippen LogP contribution in [-0.4, -0.2) is 123 Å². The second-order valence-electron chi connectivity index (χ2n) is 20.3. The monoisotopic (exact) mass is 1110 g/mol. The van der Waals surface area contributed by atoms with Crippen LogP contribution in [0, 0.1) is 17.3 Å². The number of nitrogens with zero attached hydrogens (tertiary/aromatic N) is 3. The van der Waals surface area contributed by atoms with Gasteiger partial charge in [0.25, 0.3) is 23.6 Å². The number of benzene rings is 4. The number of carbonyl (C=O) groups excluding carboxylic acids is 8. The Hall–Kier alpha value is -7.67. The van der Waals surface area contributed by atoms with Gasteiger partial charge in [0.2, 0.25) is 23.6 Å². The quantitative estimate of drug-likeness (QED) is 0.0442. The van der Waals surface area contributed by atoms with Crippen molar-refractivity contribution in [3.8, 4) is 17.6 Å². The van der Waals surface area contributed by atoms with E-state index in [-0.39, 0.29) is 97.1 Å². The van der Waals surface area contributed by atoms with E-state index < -0.39 is 96.4 Å². The number of imide groups is 2. The first kappa shape index (κ1) is 55.1. The maximum absolute atomic E-state index is 15.1. The molecule has 4 aromatic carbocycles. The van der Waals surface area contributed by atoms with Gasteiger partial charge in [-0.3, -0.25) is 53.1 Å². The van der Waals surface area contributed by atoms with E-state index in [4.69, 9.17) is 9.47 Å². The Morgan fingerprint density at radius 1 is 0.949 bits per heavy atom. The first-order chi connectivity index (χ1) is 37.0. The summed E-state index contributed by atoms with van der Waals surface area (Å²) >= 11 is 0.932. The molecule has 2 unspecified atom stereocenters. The molecule has 78 heavy (non-hydrogen) atoms. The van der Waals surface area contributed by atoms with E-state index in [1.165, 1.54) is 23.1 Å². The van der Waals surface area contributed by atoms with Crippen LogP contribution in [-0.2, 0) is 51.9 Å². The highest BCUT2D eigenvalue weighted by Gasteiger charge is 2.51. The maximum Gasteiger partial charge on any atom is 0.399 e. The zero-order valence-corrected chi connectivity index (χ0v) is 44.1. The van der Waals surface area contributed by atoms with Crippen LogP contribution in [0.1, 0.15) is 104 Å². The predicted molar refractivity (Wildman–Crippen MR) is 278 cm³/mol. The minimum Gasteiger partial charge on any atom is -0.484 e. The number of hydrogen-bond acceptors (Lipinski definition) is 12. The van der Waals surface area contributed by atoms with E-state index in [2.05, 4.69) is 27.8 Å². The van der Waals surface area contributed by atoms with E-state index >= 15 is 4.79 Å². The summed E-state index contributed by atoms with van der Waals surface area (Å²) in [5, 5.41) is 7.85. The molecule has 406 valence electrons. The number of halogens is 2. The molecule has 0 radical (unpaired) electrons. The molecule has 0 spiro atoms. The largest absolute Gasteiger partial charge is 0.484 e. The van der Waals surface area contributed by atoms with Gasteiger partial charge in [0.15, 0.2) is 6.61 Å². The number of nitrogens with one attached hydrogen (secondary N) is 3. The third-order valence-electron chi connectivity index (χ3n) is 13.9. The summed E-state index contributed by atoms with van der Waals surface area (Å²) in [6.07, 6.45) is -0.190. The van der Waals surface area contributed by atoms with Gasteiger partial charge in [0.05, 0.1) is 29.2 Å². The molecule has 0 saturated carbocycles. The fourth-order valence-electron chi connectivity index (χ4n) is 9.80. The van der Waals surface area contributed by atoms with Crippen molar-refractivity contribution in [1.82, 2.24) is 30.7 Å². The number of hydrogen-bond donors (Lipinski definition) is 5.